The van der Waals surface area contributed by atoms with Gasteiger partial charge in [-0.1, -0.05) is 11.3 Å². The summed E-state index contributed by atoms with van der Waals surface area (Å²) in [5.41, 5.74) is 0.00221. The van der Waals surface area contributed by atoms with Crippen LogP contribution in [0.5, 0.6) is 0 Å². The number of halogens is 2. The summed E-state index contributed by atoms with van der Waals surface area (Å²) in [4.78, 5) is 11.8. The Labute approximate surface area is 111 Å². The molecule has 0 radical (unpaired) electrons. The van der Waals surface area contributed by atoms with E-state index in [9.17, 15) is 13.6 Å². The van der Waals surface area contributed by atoms with Crippen LogP contribution in [0.1, 0.15) is 15.4 Å². The Balaban J connectivity index is 2.09. The first-order valence-corrected chi connectivity index (χ1v) is 5.99. The summed E-state index contributed by atoms with van der Waals surface area (Å²) >= 11 is 1.14. The lowest BCUT2D eigenvalue weighted by Gasteiger charge is -2.01. The van der Waals surface area contributed by atoms with Crippen LogP contribution < -0.4 is 5.32 Å². The fourth-order valence-corrected chi connectivity index (χ4v) is 2.00. The van der Waals surface area contributed by atoms with Crippen molar-refractivity contribution in [2.45, 2.75) is 6.61 Å². The highest BCUT2D eigenvalue weighted by atomic mass is 32.1. The zero-order chi connectivity index (χ0) is 13.8. The molecule has 2 rings (SSSR count). The zero-order valence-electron chi connectivity index (χ0n) is 9.81. The van der Waals surface area contributed by atoms with Crippen molar-refractivity contribution < 1.29 is 18.3 Å². The molecule has 0 fully saturated rings. The Bertz CT molecular complexity index is 603. The van der Waals surface area contributed by atoms with Gasteiger partial charge in [-0.15, -0.1) is 10.2 Å². The van der Waals surface area contributed by atoms with Gasteiger partial charge >= 0.3 is 0 Å². The monoisotopic (exact) mass is 285 g/mol. The van der Waals surface area contributed by atoms with Gasteiger partial charge in [-0.2, -0.15) is 0 Å². The molecule has 100 valence electrons. The molecular formula is C11H9F2N3O2S. The molecule has 1 heterocycles. The summed E-state index contributed by atoms with van der Waals surface area (Å²) in [6.07, 6.45) is 0. The fraction of sp³-hybridized carbons (Fsp3) is 0.182. The number of benzene rings is 1. The number of nitrogens with one attached hydrogen (secondary N) is 1. The molecule has 0 atom stereocenters. The van der Waals surface area contributed by atoms with Crippen molar-refractivity contribution >= 4 is 22.4 Å². The average Bonchev–Trinajstić information content (AvgIpc) is 2.80. The molecule has 0 aliphatic carbocycles. The van der Waals surface area contributed by atoms with Crippen molar-refractivity contribution in [2.75, 3.05) is 12.4 Å². The quantitative estimate of drug-likeness (QED) is 0.935. The summed E-state index contributed by atoms with van der Waals surface area (Å²) in [6, 6.07) is 2.90. The first-order chi connectivity index (χ1) is 9.10. The van der Waals surface area contributed by atoms with Crippen LogP contribution in [0.25, 0.3) is 0 Å². The lowest BCUT2D eigenvalue weighted by atomic mass is 10.2. The van der Waals surface area contributed by atoms with Gasteiger partial charge in [0.2, 0.25) is 5.13 Å². The van der Waals surface area contributed by atoms with E-state index in [-0.39, 0.29) is 10.7 Å². The van der Waals surface area contributed by atoms with Crippen molar-refractivity contribution in [3.05, 3.63) is 40.4 Å². The van der Waals surface area contributed by atoms with Crippen molar-refractivity contribution in [3.63, 3.8) is 0 Å². The standard InChI is InChI=1S/C11H9F2N3O2S/c1-18-5-9-15-16-11(19-9)14-10(17)6-2-3-7(12)8(13)4-6/h2-4H,5H2,1H3,(H,14,16,17). The summed E-state index contributed by atoms with van der Waals surface area (Å²) in [5, 5.41) is 10.8. The molecule has 0 aliphatic heterocycles. The minimum Gasteiger partial charge on any atom is -0.377 e. The van der Waals surface area contributed by atoms with Gasteiger partial charge in [0.05, 0.1) is 0 Å². The van der Waals surface area contributed by atoms with Gasteiger partial charge in [-0.3, -0.25) is 10.1 Å². The third-order valence-electron chi connectivity index (χ3n) is 2.14. The number of hydrogen-bond acceptors (Lipinski definition) is 5. The van der Waals surface area contributed by atoms with E-state index < -0.39 is 17.5 Å². The first kappa shape index (κ1) is 13.5. The molecule has 0 spiro atoms. The third kappa shape index (κ3) is 3.30. The molecule has 1 aromatic carbocycles. The van der Waals surface area contributed by atoms with Gasteiger partial charge < -0.3 is 4.74 Å². The summed E-state index contributed by atoms with van der Waals surface area (Å²) < 4.78 is 30.6. The Hall–Kier alpha value is -1.93. The molecule has 19 heavy (non-hydrogen) atoms. The second-order valence-corrected chi connectivity index (χ2v) is 4.58. The number of methoxy groups -OCH3 is 1. The number of rotatable bonds is 4. The van der Waals surface area contributed by atoms with E-state index in [1.54, 1.807) is 0 Å². The summed E-state index contributed by atoms with van der Waals surface area (Å²) in [5.74, 6) is -2.67. The lowest BCUT2D eigenvalue weighted by molar-refractivity contribution is 0.102. The second-order valence-electron chi connectivity index (χ2n) is 3.52. The van der Waals surface area contributed by atoms with E-state index in [2.05, 4.69) is 15.5 Å². The molecule has 0 bridgehead atoms. The summed E-state index contributed by atoms with van der Waals surface area (Å²) in [7, 11) is 1.51. The minimum absolute atomic E-state index is 0.00221. The van der Waals surface area contributed by atoms with Gasteiger partial charge in [0, 0.05) is 12.7 Å². The van der Waals surface area contributed by atoms with Gasteiger partial charge in [-0.25, -0.2) is 8.78 Å². The maximum Gasteiger partial charge on any atom is 0.257 e. The first-order valence-electron chi connectivity index (χ1n) is 5.18. The van der Waals surface area contributed by atoms with Gasteiger partial charge in [0.25, 0.3) is 5.91 Å². The Morgan fingerprint density at radius 3 is 2.84 bits per heavy atom. The van der Waals surface area contributed by atoms with Gasteiger partial charge in [0.15, 0.2) is 11.6 Å². The molecule has 8 heteroatoms. The molecular weight excluding hydrogens is 276 g/mol. The Morgan fingerprint density at radius 2 is 2.16 bits per heavy atom. The van der Waals surface area contributed by atoms with Crippen LogP contribution in [-0.2, 0) is 11.3 Å². The minimum atomic E-state index is -1.08. The molecule has 0 saturated carbocycles. The molecule has 5 nitrogen and oxygen atoms in total. The molecule has 1 N–H and O–H groups in total. The molecule has 2 aromatic rings. The number of carbonyl (C=O) groups is 1. The normalized spacial score (nSPS) is 10.5. The molecule has 0 saturated heterocycles. The number of nitrogens with zero attached hydrogens (tertiary/aromatic N) is 2. The highest BCUT2D eigenvalue weighted by molar-refractivity contribution is 7.15. The van der Waals surface area contributed by atoms with Crippen LogP contribution in [0.3, 0.4) is 0 Å². The maximum atomic E-state index is 13.0. The van der Waals surface area contributed by atoms with E-state index in [0.29, 0.717) is 11.6 Å². The smallest absolute Gasteiger partial charge is 0.257 e. The van der Waals surface area contributed by atoms with Crippen LogP contribution in [0.15, 0.2) is 18.2 Å². The van der Waals surface area contributed by atoms with Crippen molar-refractivity contribution in [1.82, 2.24) is 10.2 Å². The Morgan fingerprint density at radius 1 is 1.37 bits per heavy atom. The van der Waals surface area contributed by atoms with E-state index in [1.165, 1.54) is 13.2 Å². The Kier molecular flexibility index (Phi) is 4.13. The predicted molar refractivity (Wildman–Crippen MR) is 64.9 cm³/mol. The largest absolute Gasteiger partial charge is 0.377 e. The molecule has 0 unspecified atom stereocenters. The van der Waals surface area contributed by atoms with Crippen LogP contribution in [0, 0.1) is 11.6 Å². The zero-order valence-corrected chi connectivity index (χ0v) is 10.6. The fourth-order valence-electron chi connectivity index (χ4n) is 1.29. The number of hydrogen-bond donors (Lipinski definition) is 1. The van der Waals surface area contributed by atoms with E-state index in [1.807, 2.05) is 0 Å². The van der Waals surface area contributed by atoms with Crippen LogP contribution >= 0.6 is 11.3 Å². The number of carbonyl (C=O) groups excluding carboxylic acids is 1. The van der Waals surface area contributed by atoms with E-state index >= 15 is 0 Å². The molecule has 1 amide bonds. The number of ether oxygens (including phenoxy) is 1. The van der Waals surface area contributed by atoms with Gasteiger partial charge in [-0.05, 0) is 18.2 Å². The van der Waals surface area contributed by atoms with Crippen molar-refractivity contribution in [2.24, 2.45) is 0 Å². The van der Waals surface area contributed by atoms with E-state index in [0.717, 1.165) is 23.5 Å². The van der Waals surface area contributed by atoms with Gasteiger partial charge in [0.1, 0.15) is 11.6 Å². The summed E-state index contributed by atoms with van der Waals surface area (Å²) in [6.45, 7) is 0.290. The number of aromatic nitrogens is 2. The number of amides is 1. The average molecular weight is 285 g/mol. The van der Waals surface area contributed by atoms with Crippen LogP contribution in [0.2, 0.25) is 0 Å². The van der Waals surface area contributed by atoms with Crippen molar-refractivity contribution in [1.29, 1.82) is 0 Å². The van der Waals surface area contributed by atoms with E-state index in [4.69, 9.17) is 4.74 Å². The second kappa shape index (κ2) is 5.81. The maximum absolute atomic E-state index is 13.0. The number of anilines is 1. The highest BCUT2D eigenvalue weighted by Gasteiger charge is 2.12. The van der Waals surface area contributed by atoms with Crippen LogP contribution in [0.4, 0.5) is 13.9 Å². The lowest BCUT2D eigenvalue weighted by Crippen LogP contribution is -2.12. The molecule has 1 aromatic heterocycles. The predicted octanol–water partition coefficient (Wildman–Crippen LogP) is 2.21. The molecule has 0 aliphatic rings. The van der Waals surface area contributed by atoms with Crippen LogP contribution in [-0.4, -0.2) is 23.2 Å². The third-order valence-corrected chi connectivity index (χ3v) is 2.95. The highest BCUT2D eigenvalue weighted by Crippen LogP contribution is 2.17. The SMILES string of the molecule is COCc1nnc(NC(=O)c2ccc(F)c(F)c2)s1. The van der Waals surface area contributed by atoms with Crippen molar-refractivity contribution in [3.8, 4) is 0 Å². The topological polar surface area (TPSA) is 64.1 Å².